The molecule has 5 nitrogen and oxygen atoms in total. The van der Waals surface area contributed by atoms with Crippen LogP contribution in [0, 0.1) is 6.92 Å². The fourth-order valence-electron chi connectivity index (χ4n) is 4.55. The zero-order valence-electron chi connectivity index (χ0n) is 18.4. The van der Waals surface area contributed by atoms with E-state index in [0.29, 0.717) is 15.7 Å². The summed E-state index contributed by atoms with van der Waals surface area (Å²) < 4.78 is 44.5. The van der Waals surface area contributed by atoms with Gasteiger partial charge in [-0.2, -0.15) is 23.0 Å². The molecule has 1 aliphatic rings. The number of quaternary nitrogens is 1. The lowest BCUT2D eigenvalue weighted by Crippen LogP contribution is -2.49. The van der Waals surface area contributed by atoms with E-state index >= 15 is 0 Å². The van der Waals surface area contributed by atoms with Crippen LogP contribution in [0.15, 0.2) is 59.2 Å². The predicted octanol–water partition coefficient (Wildman–Crippen LogP) is 7.63. The summed E-state index contributed by atoms with van der Waals surface area (Å²) in [4.78, 5) is 21.9. The molecule has 1 N–H and O–H groups in total. The van der Waals surface area contributed by atoms with Crippen molar-refractivity contribution in [3.63, 3.8) is 0 Å². The molecule has 3 unspecified atom stereocenters. The average Bonchev–Trinajstić information content (AvgIpc) is 3.09. The Morgan fingerprint density at radius 3 is 2.37 bits per heavy atom. The number of rotatable bonds is 4. The number of carbonyl (C=O) groups is 1. The minimum Gasteiger partial charge on any atom is -0.478 e. The molecule has 2 heterocycles. The fourth-order valence-corrected chi connectivity index (χ4v) is 5.41. The second kappa shape index (κ2) is 9.05. The fraction of sp³-hybridized carbons (Fsp3) is 0.250. The number of halogens is 6. The van der Waals surface area contributed by atoms with Gasteiger partial charge in [0.25, 0.3) is 11.4 Å². The van der Waals surface area contributed by atoms with Gasteiger partial charge in [-0.15, -0.1) is 4.65 Å². The summed E-state index contributed by atoms with van der Waals surface area (Å²) in [7, 11) is 1.50. The first-order valence-corrected chi connectivity index (χ1v) is 11.9. The molecular weight excluding hydrogens is 572 g/mol. The highest BCUT2D eigenvalue weighted by atomic mass is 79.9. The molecule has 0 bridgehead atoms. The Balaban J connectivity index is 1.98. The molecule has 184 valence electrons. The van der Waals surface area contributed by atoms with Crippen LogP contribution in [0.3, 0.4) is 0 Å². The molecule has 1 aliphatic heterocycles. The lowest BCUT2D eigenvalue weighted by Gasteiger charge is -2.34. The first kappa shape index (κ1) is 25.9. The quantitative estimate of drug-likeness (QED) is 0.251. The normalized spacial score (nSPS) is 24.5. The molecule has 35 heavy (non-hydrogen) atoms. The molecule has 1 saturated heterocycles. The van der Waals surface area contributed by atoms with Crippen LogP contribution in [-0.2, 0) is 10.4 Å². The SMILES string of the molecule is Cc1cc(C2CC(c3cc(Cl)cc(Cl)c3)(C(F)(F)F)O[N+]2(C)c2cccc(Br)n2)ccc1C(=O)O. The van der Waals surface area contributed by atoms with E-state index in [1.54, 1.807) is 31.2 Å². The van der Waals surface area contributed by atoms with Crippen LogP contribution in [0.1, 0.15) is 39.5 Å². The molecular formula is C24H19BrCl2F3N2O3+. The van der Waals surface area contributed by atoms with Crippen molar-refractivity contribution in [2.45, 2.75) is 31.2 Å². The Morgan fingerprint density at radius 1 is 1.17 bits per heavy atom. The van der Waals surface area contributed by atoms with E-state index in [1.165, 1.54) is 37.4 Å². The molecule has 4 rings (SSSR count). The Hall–Kier alpha value is -2.17. The maximum atomic E-state index is 14.9. The summed E-state index contributed by atoms with van der Waals surface area (Å²) >= 11 is 15.4. The van der Waals surface area contributed by atoms with E-state index in [4.69, 9.17) is 28.0 Å². The van der Waals surface area contributed by atoms with E-state index in [1.807, 2.05) is 0 Å². The largest absolute Gasteiger partial charge is 0.478 e. The van der Waals surface area contributed by atoms with Gasteiger partial charge in [0.2, 0.25) is 0 Å². The van der Waals surface area contributed by atoms with Crippen LogP contribution < -0.4 is 4.65 Å². The number of aromatic nitrogens is 1. The number of aryl methyl sites for hydroxylation is 1. The summed E-state index contributed by atoms with van der Waals surface area (Å²) in [5.74, 6) is -0.899. The Labute approximate surface area is 217 Å². The van der Waals surface area contributed by atoms with E-state index in [9.17, 15) is 23.1 Å². The van der Waals surface area contributed by atoms with Gasteiger partial charge in [0, 0.05) is 27.2 Å². The van der Waals surface area contributed by atoms with Crippen LogP contribution in [0.4, 0.5) is 19.0 Å². The van der Waals surface area contributed by atoms with Gasteiger partial charge in [-0.05, 0) is 64.8 Å². The topological polar surface area (TPSA) is 59.4 Å². The molecule has 1 aromatic heterocycles. The first-order chi connectivity index (χ1) is 16.3. The van der Waals surface area contributed by atoms with Gasteiger partial charge in [0.1, 0.15) is 11.7 Å². The van der Waals surface area contributed by atoms with E-state index < -0.39 is 34.9 Å². The molecule has 2 aromatic carbocycles. The van der Waals surface area contributed by atoms with Gasteiger partial charge < -0.3 is 5.11 Å². The highest BCUT2D eigenvalue weighted by Gasteiger charge is 2.71. The molecule has 11 heteroatoms. The number of hydrogen-bond donors (Lipinski definition) is 1. The number of pyridine rings is 1. The maximum Gasteiger partial charge on any atom is 0.428 e. The monoisotopic (exact) mass is 589 g/mol. The molecule has 0 spiro atoms. The second-order valence-electron chi connectivity index (χ2n) is 8.48. The smallest absolute Gasteiger partial charge is 0.428 e. The summed E-state index contributed by atoms with van der Waals surface area (Å²) in [6, 6.07) is 12.2. The lowest BCUT2D eigenvalue weighted by atomic mass is 9.85. The minimum absolute atomic E-state index is 0.0413. The molecule has 0 saturated carbocycles. The van der Waals surface area contributed by atoms with Crippen LogP contribution in [0.5, 0.6) is 0 Å². The van der Waals surface area contributed by atoms with Crippen molar-refractivity contribution in [2.75, 3.05) is 7.05 Å². The number of nitrogens with zero attached hydrogens (tertiary/aromatic N) is 2. The number of carboxylic acid groups (broad SMARTS) is 1. The number of aromatic carboxylic acids is 1. The third kappa shape index (κ3) is 4.56. The first-order valence-electron chi connectivity index (χ1n) is 10.3. The predicted molar refractivity (Wildman–Crippen MR) is 130 cm³/mol. The summed E-state index contributed by atoms with van der Waals surface area (Å²) in [5.41, 5.74) is -2.06. The number of hydroxylamine groups is 2. The lowest BCUT2D eigenvalue weighted by molar-refractivity contribution is -0.318. The summed E-state index contributed by atoms with van der Waals surface area (Å²) in [6.45, 7) is 1.60. The average molecular weight is 591 g/mol. The molecule has 0 aliphatic carbocycles. The Bertz CT molecular complexity index is 1300. The van der Waals surface area contributed by atoms with Gasteiger partial charge >= 0.3 is 12.1 Å². The minimum atomic E-state index is -4.85. The summed E-state index contributed by atoms with van der Waals surface area (Å²) in [6.07, 6.45) is -5.37. The van der Waals surface area contributed by atoms with E-state index in [0.717, 1.165) is 0 Å². The van der Waals surface area contributed by atoms with Gasteiger partial charge in [-0.3, -0.25) is 0 Å². The van der Waals surface area contributed by atoms with E-state index in [-0.39, 0.29) is 27.0 Å². The highest BCUT2D eigenvalue weighted by Crippen LogP contribution is 2.58. The van der Waals surface area contributed by atoms with Crippen molar-refractivity contribution in [1.82, 2.24) is 9.63 Å². The third-order valence-corrected chi connectivity index (χ3v) is 7.11. The van der Waals surface area contributed by atoms with Crippen molar-refractivity contribution in [1.29, 1.82) is 0 Å². The van der Waals surface area contributed by atoms with Crippen molar-refractivity contribution in [3.05, 3.63) is 91.5 Å². The van der Waals surface area contributed by atoms with Gasteiger partial charge in [0.05, 0.1) is 12.0 Å². The highest BCUT2D eigenvalue weighted by molar-refractivity contribution is 9.10. The Kier molecular flexibility index (Phi) is 6.70. The third-order valence-electron chi connectivity index (χ3n) is 6.23. The molecule has 0 radical (unpaired) electrons. The number of alkyl halides is 3. The number of carboxylic acids is 1. The van der Waals surface area contributed by atoms with Gasteiger partial charge in [-0.25, -0.2) is 4.79 Å². The molecule has 3 atom stereocenters. The van der Waals surface area contributed by atoms with Gasteiger partial charge in [0.15, 0.2) is 6.04 Å². The van der Waals surface area contributed by atoms with Crippen molar-refractivity contribution >= 4 is 50.9 Å². The van der Waals surface area contributed by atoms with Crippen molar-refractivity contribution in [2.24, 2.45) is 0 Å². The standard InChI is InChI=1S/C24H18BrCl2F3N2O3/c1-13-8-14(6-7-18(13)22(33)34)19-12-23(24(28,29)30,15-9-16(26)11-17(27)10-15)35-32(19,2)21-5-3-4-20(25)31-21/h3-11,19H,12H2,1-2H3/p+1. The van der Waals surface area contributed by atoms with Gasteiger partial charge in [-0.1, -0.05) is 35.3 Å². The second-order valence-corrected chi connectivity index (χ2v) is 10.2. The number of hydrogen-bond acceptors (Lipinski definition) is 3. The maximum absolute atomic E-state index is 14.9. The van der Waals surface area contributed by atoms with Crippen LogP contribution in [0.25, 0.3) is 0 Å². The Morgan fingerprint density at radius 2 is 1.83 bits per heavy atom. The molecule has 3 aromatic rings. The zero-order valence-corrected chi connectivity index (χ0v) is 21.5. The molecule has 1 fully saturated rings. The van der Waals surface area contributed by atoms with Crippen molar-refractivity contribution in [3.8, 4) is 0 Å². The van der Waals surface area contributed by atoms with Crippen LogP contribution in [0.2, 0.25) is 10.0 Å². The van der Waals surface area contributed by atoms with E-state index in [2.05, 4.69) is 20.9 Å². The van der Waals surface area contributed by atoms with Crippen molar-refractivity contribution < 1.29 is 27.9 Å². The van der Waals surface area contributed by atoms with Crippen LogP contribution >= 0.6 is 39.1 Å². The van der Waals surface area contributed by atoms with Crippen LogP contribution in [-0.4, -0.2) is 29.3 Å². The molecule has 0 amide bonds. The number of benzene rings is 2. The zero-order chi connectivity index (χ0) is 25.8. The summed E-state index contributed by atoms with van der Waals surface area (Å²) in [5, 5.41) is 9.49.